The quantitative estimate of drug-likeness (QED) is 0.144. The first-order valence-corrected chi connectivity index (χ1v) is 27.7. The summed E-state index contributed by atoms with van der Waals surface area (Å²) in [5, 5.41) is 7.33. The fourth-order valence-corrected chi connectivity index (χ4v) is 13.3. The SMILES string of the molecule is CC1(C)c2cc(N(c3ccccc3)c3ccc4c(c3)c3ccccc3n4-c3ccccc3)ccc2-c2cc3c(cc21)c1cc(N(c2ccccc2)c2ccc4c(c2)c2ccccc2n4-c2ccccc2)ccc1n3-c1ccccc1. The van der Waals surface area contributed by atoms with Gasteiger partial charge in [-0.3, -0.25) is 0 Å². The molecule has 0 saturated heterocycles. The molecule has 5 heteroatoms. The van der Waals surface area contributed by atoms with Gasteiger partial charge in [0.1, 0.15) is 0 Å². The third-order valence-corrected chi connectivity index (χ3v) is 16.9. The minimum absolute atomic E-state index is 0.312. The van der Waals surface area contributed by atoms with Crippen molar-refractivity contribution < 1.29 is 0 Å². The highest BCUT2D eigenvalue weighted by Crippen LogP contribution is 2.54. The monoisotopic (exact) mass is 1020 g/mol. The summed E-state index contributed by atoms with van der Waals surface area (Å²) in [6, 6.07) is 105. The molecule has 12 aromatic carbocycles. The molecule has 0 aliphatic heterocycles. The Morgan fingerprint density at radius 2 is 0.562 bits per heavy atom. The molecule has 80 heavy (non-hydrogen) atoms. The number of hydrogen-bond donors (Lipinski definition) is 0. The lowest BCUT2D eigenvalue weighted by atomic mass is 9.82. The number of fused-ring (bicyclic) bond motifs is 12. The normalized spacial score (nSPS) is 12.7. The molecule has 0 amide bonds. The highest BCUT2D eigenvalue weighted by Gasteiger charge is 2.37. The van der Waals surface area contributed by atoms with Crippen LogP contribution in [0.5, 0.6) is 0 Å². The van der Waals surface area contributed by atoms with E-state index in [1.165, 1.54) is 87.7 Å². The number of para-hydroxylation sites is 7. The van der Waals surface area contributed by atoms with E-state index in [9.17, 15) is 0 Å². The number of anilines is 6. The van der Waals surface area contributed by atoms with Gasteiger partial charge in [0.15, 0.2) is 0 Å². The second-order valence-electron chi connectivity index (χ2n) is 21.8. The van der Waals surface area contributed by atoms with Gasteiger partial charge in [-0.2, -0.15) is 0 Å². The number of aromatic nitrogens is 3. The largest absolute Gasteiger partial charge is 0.310 e. The Balaban J connectivity index is 0.857. The third kappa shape index (κ3) is 6.97. The van der Waals surface area contributed by atoms with Crippen LogP contribution in [-0.4, -0.2) is 13.7 Å². The third-order valence-electron chi connectivity index (χ3n) is 16.9. The Bertz CT molecular complexity index is 4900. The van der Waals surface area contributed by atoms with Crippen LogP contribution in [-0.2, 0) is 5.41 Å². The van der Waals surface area contributed by atoms with Crippen molar-refractivity contribution in [3.05, 3.63) is 296 Å². The average Bonchev–Trinajstić information content (AvgIpc) is 4.28. The molecule has 0 bridgehead atoms. The minimum Gasteiger partial charge on any atom is -0.310 e. The van der Waals surface area contributed by atoms with Gasteiger partial charge in [0.05, 0.1) is 33.1 Å². The zero-order valence-corrected chi connectivity index (χ0v) is 44.4. The average molecular weight is 1020 g/mol. The lowest BCUT2D eigenvalue weighted by Crippen LogP contribution is -2.16. The molecule has 0 spiro atoms. The van der Waals surface area contributed by atoms with E-state index in [4.69, 9.17) is 0 Å². The molecule has 1 aliphatic carbocycles. The van der Waals surface area contributed by atoms with Crippen molar-refractivity contribution in [1.29, 1.82) is 0 Å². The van der Waals surface area contributed by atoms with Crippen LogP contribution < -0.4 is 9.80 Å². The molecule has 3 heterocycles. The van der Waals surface area contributed by atoms with Crippen LogP contribution in [0.2, 0.25) is 0 Å². The number of nitrogens with zero attached hydrogens (tertiary/aromatic N) is 5. The Morgan fingerprint density at radius 3 is 1.01 bits per heavy atom. The van der Waals surface area contributed by atoms with Crippen molar-refractivity contribution in [3.8, 4) is 28.2 Å². The van der Waals surface area contributed by atoms with Crippen molar-refractivity contribution in [3.63, 3.8) is 0 Å². The lowest BCUT2D eigenvalue weighted by molar-refractivity contribution is 0.661. The van der Waals surface area contributed by atoms with E-state index in [1.54, 1.807) is 0 Å². The molecule has 0 atom stereocenters. The molecule has 0 unspecified atom stereocenters. The van der Waals surface area contributed by atoms with Gasteiger partial charge in [-0.05, 0) is 174 Å². The van der Waals surface area contributed by atoms with Gasteiger partial charge in [0, 0.05) is 88.9 Å². The Morgan fingerprint density at radius 1 is 0.237 bits per heavy atom. The Kier molecular flexibility index (Phi) is 10.2. The molecule has 0 saturated carbocycles. The summed E-state index contributed by atoms with van der Waals surface area (Å²) in [4.78, 5) is 4.85. The maximum Gasteiger partial charge on any atom is 0.0547 e. The van der Waals surface area contributed by atoms with Gasteiger partial charge < -0.3 is 23.5 Å². The number of rotatable bonds is 9. The smallest absolute Gasteiger partial charge is 0.0547 e. The number of benzene rings is 12. The predicted octanol–water partition coefficient (Wildman–Crippen LogP) is 20.2. The molecule has 15 aromatic rings. The highest BCUT2D eigenvalue weighted by atomic mass is 15.2. The molecule has 0 fully saturated rings. The first-order chi connectivity index (χ1) is 39.5. The molecule has 378 valence electrons. The fourth-order valence-electron chi connectivity index (χ4n) is 13.3. The van der Waals surface area contributed by atoms with Gasteiger partial charge in [-0.1, -0.05) is 147 Å². The Labute approximate surface area is 464 Å². The Hall–Kier alpha value is -10.4. The van der Waals surface area contributed by atoms with E-state index < -0.39 is 0 Å². The summed E-state index contributed by atoms with van der Waals surface area (Å²) < 4.78 is 7.24. The summed E-state index contributed by atoms with van der Waals surface area (Å²) in [6.07, 6.45) is 0. The fraction of sp³-hybridized carbons (Fsp3) is 0.0400. The number of hydrogen-bond acceptors (Lipinski definition) is 2. The van der Waals surface area contributed by atoms with E-state index >= 15 is 0 Å². The van der Waals surface area contributed by atoms with Gasteiger partial charge >= 0.3 is 0 Å². The molecular weight excluding hydrogens is 971 g/mol. The first kappa shape index (κ1) is 45.8. The van der Waals surface area contributed by atoms with E-state index in [1.807, 2.05) is 0 Å². The van der Waals surface area contributed by atoms with Gasteiger partial charge in [-0.15, -0.1) is 0 Å². The van der Waals surface area contributed by atoms with Crippen molar-refractivity contribution in [2.24, 2.45) is 0 Å². The van der Waals surface area contributed by atoms with Gasteiger partial charge in [-0.25, -0.2) is 0 Å². The summed E-state index contributed by atoms with van der Waals surface area (Å²) in [7, 11) is 0. The van der Waals surface area contributed by atoms with Crippen molar-refractivity contribution in [1.82, 2.24) is 13.7 Å². The molecule has 1 aliphatic rings. The zero-order chi connectivity index (χ0) is 53.1. The van der Waals surface area contributed by atoms with Crippen LogP contribution in [0.25, 0.3) is 93.6 Å². The molecule has 5 nitrogen and oxygen atoms in total. The maximum absolute atomic E-state index is 2.51. The van der Waals surface area contributed by atoms with E-state index in [0.717, 1.165) is 51.2 Å². The summed E-state index contributed by atoms with van der Waals surface area (Å²) >= 11 is 0. The van der Waals surface area contributed by atoms with Crippen LogP contribution in [0.1, 0.15) is 25.0 Å². The van der Waals surface area contributed by atoms with Crippen LogP contribution in [0.3, 0.4) is 0 Å². The van der Waals surface area contributed by atoms with Crippen LogP contribution in [0.15, 0.2) is 285 Å². The second kappa shape index (κ2) is 17.8. The lowest BCUT2D eigenvalue weighted by Gasteiger charge is -2.28. The van der Waals surface area contributed by atoms with Crippen molar-refractivity contribution >= 4 is 99.5 Å². The van der Waals surface area contributed by atoms with Crippen molar-refractivity contribution in [2.75, 3.05) is 9.80 Å². The summed E-state index contributed by atoms with van der Waals surface area (Å²) in [5.74, 6) is 0. The van der Waals surface area contributed by atoms with Crippen LogP contribution in [0.4, 0.5) is 34.1 Å². The van der Waals surface area contributed by atoms with Crippen LogP contribution in [0, 0.1) is 0 Å². The maximum atomic E-state index is 2.51. The molecule has 16 rings (SSSR count). The molecule has 0 N–H and O–H groups in total. The minimum atomic E-state index is -0.312. The first-order valence-electron chi connectivity index (χ1n) is 27.7. The van der Waals surface area contributed by atoms with Crippen molar-refractivity contribution in [2.45, 2.75) is 19.3 Å². The topological polar surface area (TPSA) is 21.3 Å². The van der Waals surface area contributed by atoms with E-state index in [-0.39, 0.29) is 5.41 Å². The molecule has 3 aromatic heterocycles. The molecule has 0 radical (unpaired) electrons. The zero-order valence-electron chi connectivity index (χ0n) is 44.4. The molecular formula is C75H53N5. The standard InChI is InChI=1S/C75H53N5/c1-75(2)67-47-58(77(51-24-10-4-11-25-51)56-38-42-72-64(45-56)61-33-19-21-35-70(61)79(72)53-28-14-6-15-29-53)36-40-59(67)62-49-74-66(48-68(62)75)65-46-57(39-43-73(65)80(74)54-30-16-7-17-31-54)76(50-22-8-3-9-23-50)55-37-41-71-63(44-55)60-32-18-20-34-69(60)78(71)52-26-12-5-13-27-52/h3-49H,1-2H3. The van der Waals surface area contributed by atoms with Gasteiger partial charge in [0.25, 0.3) is 0 Å². The highest BCUT2D eigenvalue weighted by molar-refractivity contribution is 6.15. The van der Waals surface area contributed by atoms with Crippen LogP contribution >= 0.6 is 0 Å². The summed E-state index contributed by atoms with van der Waals surface area (Å²) in [5.41, 5.74) is 22.1. The second-order valence-corrected chi connectivity index (χ2v) is 21.8. The van der Waals surface area contributed by atoms with Gasteiger partial charge in [0.2, 0.25) is 0 Å². The van der Waals surface area contributed by atoms with E-state index in [2.05, 4.69) is 322 Å². The summed E-state index contributed by atoms with van der Waals surface area (Å²) in [6.45, 7) is 4.82. The van der Waals surface area contributed by atoms with E-state index in [0.29, 0.717) is 0 Å². The predicted molar refractivity (Wildman–Crippen MR) is 336 cm³/mol.